The summed E-state index contributed by atoms with van der Waals surface area (Å²) in [5.41, 5.74) is 3.42. The number of hydrogen-bond donors (Lipinski definition) is 1. The number of carbonyl (C=O) groups is 2. The van der Waals surface area contributed by atoms with Gasteiger partial charge in [0.25, 0.3) is 5.91 Å². The van der Waals surface area contributed by atoms with Crippen LogP contribution in [0.3, 0.4) is 0 Å². The van der Waals surface area contributed by atoms with Crippen LogP contribution in [0.2, 0.25) is 0 Å². The van der Waals surface area contributed by atoms with Crippen LogP contribution in [0.4, 0.5) is 10.5 Å². The molecule has 1 aromatic heterocycles. The maximum atomic E-state index is 12.7. The minimum atomic E-state index is -0.0567. The van der Waals surface area contributed by atoms with Crippen LogP contribution >= 0.6 is 0 Å². The minimum absolute atomic E-state index is 0.0567. The molecule has 5 rings (SSSR count). The van der Waals surface area contributed by atoms with E-state index < -0.39 is 0 Å². The quantitative estimate of drug-likeness (QED) is 0.668. The van der Waals surface area contributed by atoms with Crippen LogP contribution in [0, 0.1) is 0 Å². The van der Waals surface area contributed by atoms with Gasteiger partial charge in [-0.2, -0.15) is 0 Å². The smallest absolute Gasteiger partial charge is 0.321 e. The lowest BCUT2D eigenvalue weighted by Gasteiger charge is -2.34. The highest BCUT2D eigenvalue weighted by atomic mass is 16.2. The summed E-state index contributed by atoms with van der Waals surface area (Å²) in [5, 5.41) is 2.96. The van der Waals surface area contributed by atoms with Crippen molar-refractivity contribution in [3.05, 3.63) is 59.9 Å². The first-order valence-corrected chi connectivity index (χ1v) is 11.7. The number of fused-ring (bicyclic) bond motifs is 1. The van der Waals surface area contributed by atoms with E-state index in [1.54, 1.807) is 0 Å². The van der Waals surface area contributed by atoms with E-state index in [1.165, 1.54) is 0 Å². The highest BCUT2D eigenvalue weighted by molar-refractivity contribution is 5.97. The first-order valence-electron chi connectivity index (χ1n) is 11.7. The van der Waals surface area contributed by atoms with Gasteiger partial charge in [-0.25, -0.2) is 9.78 Å². The molecule has 3 aromatic rings. The van der Waals surface area contributed by atoms with Gasteiger partial charge in [0.05, 0.1) is 17.6 Å². The lowest BCUT2D eigenvalue weighted by molar-refractivity contribution is 0.0793. The van der Waals surface area contributed by atoms with Crippen LogP contribution in [0.25, 0.3) is 11.0 Å². The van der Waals surface area contributed by atoms with E-state index >= 15 is 0 Å². The molecule has 3 heterocycles. The number of urea groups is 1. The Morgan fingerprint density at radius 3 is 2.36 bits per heavy atom. The number of benzene rings is 2. The molecule has 0 aliphatic carbocycles. The molecule has 33 heavy (non-hydrogen) atoms. The number of piperazine rings is 1. The van der Waals surface area contributed by atoms with Crippen LogP contribution < -0.4 is 5.32 Å². The van der Waals surface area contributed by atoms with Gasteiger partial charge in [-0.1, -0.05) is 18.2 Å². The molecule has 0 radical (unpaired) electrons. The number of aromatic nitrogens is 2. The normalized spacial score (nSPS) is 17.0. The summed E-state index contributed by atoms with van der Waals surface area (Å²) in [4.78, 5) is 36.2. The summed E-state index contributed by atoms with van der Waals surface area (Å²) in [7, 11) is 2.02. The molecule has 8 heteroatoms. The molecule has 2 aromatic carbocycles. The average Bonchev–Trinajstić information content (AvgIpc) is 3.48. The summed E-state index contributed by atoms with van der Waals surface area (Å²) in [5.74, 6) is 1.07. The second-order valence-electron chi connectivity index (χ2n) is 8.85. The number of nitrogens with one attached hydrogen (secondary N) is 1. The Labute approximate surface area is 193 Å². The highest BCUT2D eigenvalue weighted by Gasteiger charge is 2.23. The lowest BCUT2D eigenvalue weighted by Crippen LogP contribution is -2.49. The van der Waals surface area contributed by atoms with Crippen molar-refractivity contribution in [2.24, 2.45) is 7.05 Å². The number of carbonyl (C=O) groups excluding carboxylic acids is 2. The molecule has 2 aliphatic heterocycles. The Hall–Kier alpha value is -3.39. The fourth-order valence-electron chi connectivity index (χ4n) is 4.66. The molecule has 2 saturated heterocycles. The number of aryl methyl sites for hydroxylation is 1. The molecule has 0 spiro atoms. The highest BCUT2D eigenvalue weighted by Crippen LogP contribution is 2.21. The molecular formula is C25H30N6O2. The van der Waals surface area contributed by atoms with E-state index in [2.05, 4.69) is 14.8 Å². The molecule has 1 N–H and O–H groups in total. The Balaban J connectivity index is 1.21. The number of rotatable bonds is 4. The van der Waals surface area contributed by atoms with Crippen LogP contribution in [-0.4, -0.2) is 75.5 Å². The zero-order chi connectivity index (χ0) is 22.8. The van der Waals surface area contributed by atoms with Crippen LogP contribution in [0.5, 0.6) is 0 Å². The Kier molecular flexibility index (Phi) is 6.00. The van der Waals surface area contributed by atoms with Crippen molar-refractivity contribution < 1.29 is 9.59 Å². The minimum Gasteiger partial charge on any atom is -0.339 e. The monoisotopic (exact) mass is 446 g/mol. The summed E-state index contributed by atoms with van der Waals surface area (Å²) in [6.45, 7) is 5.36. The molecule has 0 bridgehead atoms. The summed E-state index contributed by atoms with van der Waals surface area (Å²) in [6.07, 6.45) is 2.17. The molecule has 2 fully saturated rings. The molecule has 8 nitrogen and oxygen atoms in total. The summed E-state index contributed by atoms with van der Waals surface area (Å²) >= 11 is 0. The van der Waals surface area contributed by atoms with Crippen molar-refractivity contribution in [3.8, 4) is 0 Å². The summed E-state index contributed by atoms with van der Waals surface area (Å²) in [6, 6.07) is 15.3. The fourth-order valence-corrected chi connectivity index (χ4v) is 4.66. The molecule has 0 unspecified atom stereocenters. The van der Waals surface area contributed by atoms with Gasteiger partial charge in [-0.15, -0.1) is 0 Å². The number of imidazole rings is 1. The van der Waals surface area contributed by atoms with E-state index in [-0.39, 0.29) is 11.9 Å². The Bertz CT molecular complexity index is 1140. The predicted octanol–water partition coefficient (Wildman–Crippen LogP) is 3.16. The van der Waals surface area contributed by atoms with E-state index in [4.69, 9.17) is 4.98 Å². The van der Waals surface area contributed by atoms with Gasteiger partial charge < -0.3 is 19.7 Å². The molecule has 0 saturated carbocycles. The zero-order valence-electron chi connectivity index (χ0n) is 19.0. The first-order chi connectivity index (χ1) is 16.1. The van der Waals surface area contributed by atoms with E-state index in [0.717, 1.165) is 61.6 Å². The third-order valence-corrected chi connectivity index (χ3v) is 6.66. The molecule has 0 atom stereocenters. The zero-order valence-corrected chi connectivity index (χ0v) is 19.0. The Morgan fingerprint density at radius 2 is 1.64 bits per heavy atom. The molecule has 172 valence electrons. The van der Waals surface area contributed by atoms with E-state index in [9.17, 15) is 9.59 Å². The number of nitrogens with zero attached hydrogens (tertiary/aromatic N) is 5. The average molecular weight is 447 g/mol. The maximum absolute atomic E-state index is 12.7. The molecule has 2 aliphatic rings. The standard InChI is InChI=1S/C25H30N6O2/c1-28-22-10-9-19(24(32)30-11-5-6-12-30)17-21(22)27-23(28)18-29-13-15-31(16-14-29)25(33)26-20-7-3-2-4-8-20/h2-4,7-10,17H,5-6,11-16,18H2,1H3,(H,26,33). The van der Waals surface area contributed by atoms with Gasteiger partial charge in [-0.05, 0) is 43.2 Å². The van der Waals surface area contributed by atoms with Crippen molar-refractivity contribution in [1.82, 2.24) is 24.3 Å². The number of hydrogen-bond acceptors (Lipinski definition) is 4. The van der Waals surface area contributed by atoms with Crippen molar-refractivity contribution in [3.63, 3.8) is 0 Å². The third kappa shape index (κ3) is 4.57. The van der Waals surface area contributed by atoms with Gasteiger partial charge in [0, 0.05) is 57.6 Å². The fraction of sp³-hybridized carbons (Fsp3) is 0.400. The number of likely N-dealkylation sites (tertiary alicyclic amines) is 1. The molecule has 3 amide bonds. The van der Waals surface area contributed by atoms with Gasteiger partial charge in [-0.3, -0.25) is 9.69 Å². The lowest BCUT2D eigenvalue weighted by atomic mass is 10.2. The second kappa shape index (κ2) is 9.23. The first kappa shape index (κ1) is 21.5. The largest absolute Gasteiger partial charge is 0.339 e. The van der Waals surface area contributed by atoms with E-state index in [0.29, 0.717) is 25.2 Å². The molecular weight excluding hydrogens is 416 g/mol. The third-order valence-electron chi connectivity index (χ3n) is 6.66. The maximum Gasteiger partial charge on any atom is 0.321 e. The van der Waals surface area contributed by atoms with Crippen molar-refractivity contribution in [1.29, 1.82) is 0 Å². The predicted molar refractivity (Wildman–Crippen MR) is 128 cm³/mol. The van der Waals surface area contributed by atoms with Crippen molar-refractivity contribution >= 4 is 28.7 Å². The van der Waals surface area contributed by atoms with E-state index in [1.807, 2.05) is 65.4 Å². The second-order valence-corrected chi connectivity index (χ2v) is 8.85. The number of anilines is 1. The van der Waals surface area contributed by atoms with Gasteiger partial charge in [0.2, 0.25) is 0 Å². The van der Waals surface area contributed by atoms with Gasteiger partial charge in [0.1, 0.15) is 5.82 Å². The van der Waals surface area contributed by atoms with Gasteiger partial charge in [0.15, 0.2) is 0 Å². The topological polar surface area (TPSA) is 73.7 Å². The van der Waals surface area contributed by atoms with Crippen LogP contribution in [-0.2, 0) is 13.6 Å². The SMILES string of the molecule is Cn1c(CN2CCN(C(=O)Nc3ccccc3)CC2)nc2cc(C(=O)N3CCCC3)ccc21. The number of amides is 3. The van der Waals surface area contributed by atoms with Crippen molar-refractivity contribution in [2.45, 2.75) is 19.4 Å². The van der Waals surface area contributed by atoms with Crippen LogP contribution in [0.15, 0.2) is 48.5 Å². The Morgan fingerprint density at radius 1 is 0.909 bits per heavy atom. The van der Waals surface area contributed by atoms with Gasteiger partial charge >= 0.3 is 6.03 Å². The van der Waals surface area contributed by atoms with Crippen molar-refractivity contribution in [2.75, 3.05) is 44.6 Å². The summed E-state index contributed by atoms with van der Waals surface area (Å²) < 4.78 is 2.11. The number of para-hydroxylation sites is 1. The van der Waals surface area contributed by atoms with Crippen LogP contribution in [0.1, 0.15) is 29.0 Å².